The number of fused-ring (bicyclic) bond motifs is 3. The van der Waals surface area contributed by atoms with Gasteiger partial charge < -0.3 is 4.57 Å². The normalized spacial score (nSPS) is 17.5. The van der Waals surface area contributed by atoms with Gasteiger partial charge in [-0.25, -0.2) is 18.2 Å². The smallest absolute Gasteiger partial charge is 0.167 e. The Morgan fingerprint density at radius 3 is 2.51 bits per heavy atom. The topological polar surface area (TPSA) is 38.1 Å². The monoisotopic (exact) mass is 495 g/mol. The molecule has 0 fully saturated rings. The maximum Gasteiger partial charge on any atom is 0.167 e. The van der Waals surface area contributed by atoms with Crippen LogP contribution in [0.2, 0.25) is 0 Å². The predicted molar refractivity (Wildman–Crippen MR) is 134 cm³/mol. The first-order chi connectivity index (χ1) is 16.7. The second-order valence-corrected chi connectivity index (χ2v) is 11.6. The highest BCUT2D eigenvalue weighted by Gasteiger charge is 2.38. The van der Waals surface area contributed by atoms with E-state index in [1.807, 2.05) is 36.9 Å². The molecule has 0 radical (unpaired) electrons. The molecular weight excluding hydrogens is 470 g/mol. The van der Waals surface area contributed by atoms with E-state index in [1.54, 1.807) is 36.4 Å². The van der Waals surface area contributed by atoms with Crippen LogP contribution in [0.25, 0.3) is 22.2 Å². The zero-order chi connectivity index (χ0) is 25.0. The summed E-state index contributed by atoms with van der Waals surface area (Å²) >= 11 is 0. The van der Waals surface area contributed by atoms with E-state index in [4.69, 9.17) is 4.98 Å². The standard InChI is InChI=1S/C27H25F3N3OP/c1-32(2)22-13-21(24-16(14-34)6-5-7-18(24)28)33-20-12-15(8-10-19(20)31-27(22)33)17-9-11-23(35(3)4)26(30)25(17)29/h5-12,14,21-22H,13H2,1-4H3. The molecular formula is C27H25F3N3OP. The second-order valence-electron chi connectivity index (χ2n) is 9.29. The quantitative estimate of drug-likeness (QED) is 0.256. The molecule has 2 unspecified atom stereocenters. The number of carbonyl (C=O) groups is 1. The van der Waals surface area contributed by atoms with E-state index in [2.05, 4.69) is 0 Å². The third kappa shape index (κ3) is 3.78. The average molecular weight is 495 g/mol. The molecule has 2 heterocycles. The molecule has 0 spiro atoms. The van der Waals surface area contributed by atoms with Crippen molar-refractivity contribution in [1.82, 2.24) is 14.5 Å². The first kappa shape index (κ1) is 23.7. The van der Waals surface area contributed by atoms with Gasteiger partial charge in [0.05, 0.1) is 23.1 Å². The van der Waals surface area contributed by atoms with Gasteiger partial charge in [0.15, 0.2) is 17.9 Å². The van der Waals surface area contributed by atoms with Gasteiger partial charge in [-0.1, -0.05) is 38.3 Å². The van der Waals surface area contributed by atoms with Crippen LogP contribution in [0.1, 0.15) is 40.3 Å². The number of carbonyl (C=O) groups excluding carboxylic acids is 1. The number of rotatable bonds is 5. The van der Waals surface area contributed by atoms with Crippen LogP contribution in [0, 0.1) is 17.5 Å². The number of aldehydes is 1. The number of hydrogen-bond acceptors (Lipinski definition) is 3. The van der Waals surface area contributed by atoms with Crippen molar-refractivity contribution in [1.29, 1.82) is 0 Å². The van der Waals surface area contributed by atoms with E-state index in [0.29, 0.717) is 40.2 Å². The lowest BCUT2D eigenvalue weighted by Gasteiger charge is -2.20. The molecule has 0 aliphatic carbocycles. The van der Waals surface area contributed by atoms with Crippen molar-refractivity contribution in [2.75, 3.05) is 27.4 Å². The van der Waals surface area contributed by atoms with E-state index in [1.165, 1.54) is 12.1 Å². The molecule has 0 saturated carbocycles. The summed E-state index contributed by atoms with van der Waals surface area (Å²) in [6.07, 6.45) is 1.20. The molecule has 0 bridgehead atoms. The minimum absolute atomic E-state index is 0.100. The highest BCUT2D eigenvalue weighted by molar-refractivity contribution is 7.64. The van der Waals surface area contributed by atoms with Gasteiger partial charge in [0.25, 0.3) is 0 Å². The molecule has 4 aromatic rings. The highest BCUT2D eigenvalue weighted by Crippen LogP contribution is 2.45. The Kier molecular flexibility index (Phi) is 6.02. The molecule has 0 amide bonds. The number of hydrogen-bond donors (Lipinski definition) is 0. The molecule has 4 nitrogen and oxygen atoms in total. The largest absolute Gasteiger partial charge is 0.319 e. The van der Waals surface area contributed by atoms with Crippen molar-refractivity contribution >= 4 is 30.5 Å². The molecule has 2 atom stereocenters. The fourth-order valence-electron chi connectivity index (χ4n) is 5.07. The van der Waals surface area contributed by atoms with E-state index >= 15 is 8.78 Å². The number of aromatic nitrogens is 2. The number of nitrogens with zero attached hydrogens (tertiary/aromatic N) is 3. The van der Waals surface area contributed by atoms with Gasteiger partial charge in [-0.15, -0.1) is 0 Å². The Labute approximate surface area is 203 Å². The van der Waals surface area contributed by atoms with Crippen LogP contribution < -0.4 is 5.30 Å². The number of imidazole rings is 1. The van der Waals surface area contributed by atoms with E-state index in [9.17, 15) is 9.18 Å². The van der Waals surface area contributed by atoms with Crippen LogP contribution in [0.3, 0.4) is 0 Å². The van der Waals surface area contributed by atoms with Crippen LogP contribution in [-0.2, 0) is 0 Å². The van der Waals surface area contributed by atoms with Gasteiger partial charge in [-0.05, 0) is 57.6 Å². The Morgan fingerprint density at radius 1 is 1.06 bits per heavy atom. The molecule has 0 saturated heterocycles. The van der Waals surface area contributed by atoms with Gasteiger partial charge in [0.1, 0.15) is 11.6 Å². The summed E-state index contributed by atoms with van der Waals surface area (Å²) in [6, 6.07) is 12.4. The summed E-state index contributed by atoms with van der Waals surface area (Å²) in [5.74, 6) is -1.40. The average Bonchev–Trinajstić information content (AvgIpc) is 3.37. The molecule has 1 aliphatic heterocycles. The van der Waals surface area contributed by atoms with Crippen LogP contribution in [0.15, 0.2) is 48.5 Å². The number of benzene rings is 3. The molecule has 180 valence electrons. The molecule has 0 N–H and O–H groups in total. The van der Waals surface area contributed by atoms with E-state index in [0.717, 1.165) is 5.82 Å². The van der Waals surface area contributed by atoms with Crippen molar-refractivity contribution in [2.24, 2.45) is 0 Å². The lowest BCUT2D eigenvalue weighted by atomic mass is 9.96. The van der Waals surface area contributed by atoms with E-state index < -0.39 is 31.4 Å². The molecule has 5 rings (SSSR count). The molecule has 35 heavy (non-hydrogen) atoms. The van der Waals surface area contributed by atoms with Gasteiger partial charge in [-0.2, -0.15) is 0 Å². The van der Waals surface area contributed by atoms with Crippen LogP contribution in [-0.4, -0.2) is 48.2 Å². The zero-order valence-electron chi connectivity index (χ0n) is 19.9. The van der Waals surface area contributed by atoms with Crippen molar-refractivity contribution in [3.8, 4) is 11.1 Å². The predicted octanol–water partition coefficient (Wildman–Crippen LogP) is 5.90. The lowest BCUT2D eigenvalue weighted by Crippen LogP contribution is -2.18. The van der Waals surface area contributed by atoms with E-state index in [-0.39, 0.29) is 17.2 Å². The summed E-state index contributed by atoms with van der Waals surface area (Å²) in [5, 5.41) is 0.391. The van der Waals surface area contributed by atoms with Crippen LogP contribution in [0.4, 0.5) is 13.2 Å². The minimum Gasteiger partial charge on any atom is -0.319 e. The zero-order valence-corrected chi connectivity index (χ0v) is 20.8. The molecule has 1 aliphatic rings. The maximum atomic E-state index is 15.1. The Hall–Kier alpha value is -3.02. The molecule has 3 aromatic carbocycles. The third-order valence-electron chi connectivity index (χ3n) is 6.80. The van der Waals surface area contributed by atoms with Crippen LogP contribution in [0.5, 0.6) is 0 Å². The van der Waals surface area contributed by atoms with Crippen LogP contribution >= 0.6 is 7.92 Å². The Balaban J connectivity index is 1.73. The summed E-state index contributed by atoms with van der Waals surface area (Å²) in [6.45, 7) is 3.76. The SMILES string of the molecule is CN(C)C1CC(c2c(F)cccc2C=O)n2c1nc1ccc(-c3ccc(P(C)C)c(F)c3F)cc12. The van der Waals surface area contributed by atoms with Crippen molar-refractivity contribution < 1.29 is 18.0 Å². The number of halogens is 3. The maximum absolute atomic E-state index is 15.1. The molecule has 8 heteroatoms. The van der Waals surface area contributed by atoms with Gasteiger partial charge in [0, 0.05) is 22.0 Å². The fraction of sp³-hybridized carbons (Fsp3) is 0.259. The molecule has 1 aromatic heterocycles. The van der Waals surface area contributed by atoms with Gasteiger partial charge in [0.2, 0.25) is 0 Å². The lowest BCUT2D eigenvalue weighted by molar-refractivity contribution is 0.112. The van der Waals surface area contributed by atoms with Crippen molar-refractivity contribution in [2.45, 2.75) is 18.5 Å². The fourth-order valence-corrected chi connectivity index (χ4v) is 5.93. The minimum atomic E-state index is -0.876. The van der Waals surface area contributed by atoms with Crippen molar-refractivity contribution in [3.63, 3.8) is 0 Å². The summed E-state index contributed by atoms with van der Waals surface area (Å²) < 4.78 is 46.9. The van der Waals surface area contributed by atoms with Gasteiger partial charge in [-0.3, -0.25) is 9.69 Å². The first-order valence-electron chi connectivity index (χ1n) is 11.3. The Morgan fingerprint density at radius 2 is 1.83 bits per heavy atom. The highest BCUT2D eigenvalue weighted by atomic mass is 31.1. The Bertz CT molecular complexity index is 1460. The third-order valence-corrected chi connectivity index (χ3v) is 8.11. The van der Waals surface area contributed by atoms with Crippen molar-refractivity contribution in [3.05, 3.63) is 82.9 Å². The first-order valence-corrected chi connectivity index (χ1v) is 13.5. The van der Waals surface area contributed by atoms with Gasteiger partial charge >= 0.3 is 0 Å². The second kappa shape index (κ2) is 8.89. The summed E-state index contributed by atoms with van der Waals surface area (Å²) in [5.41, 5.74) is 2.64. The summed E-state index contributed by atoms with van der Waals surface area (Å²) in [4.78, 5) is 18.6. The summed E-state index contributed by atoms with van der Waals surface area (Å²) in [7, 11) is 3.07.